The molecule has 3 aliphatic rings. The summed E-state index contributed by atoms with van der Waals surface area (Å²) in [6, 6.07) is 1.89. The van der Waals surface area contributed by atoms with Crippen LogP contribution in [0.4, 0.5) is 19.0 Å². The van der Waals surface area contributed by atoms with Crippen LogP contribution in [0.1, 0.15) is 68.3 Å². The topological polar surface area (TPSA) is 80.0 Å². The second-order valence-corrected chi connectivity index (χ2v) is 9.98. The number of hydrogen-bond donors (Lipinski definition) is 1. The highest BCUT2D eigenvalue weighted by molar-refractivity contribution is 5.75. The quantitative estimate of drug-likeness (QED) is 0.726. The molecule has 1 aliphatic carbocycles. The van der Waals surface area contributed by atoms with Gasteiger partial charge in [0.15, 0.2) is 5.65 Å². The zero-order chi connectivity index (χ0) is 23.4. The Morgan fingerprint density at radius 3 is 2.73 bits per heavy atom. The number of rotatable bonds is 3. The fourth-order valence-corrected chi connectivity index (χ4v) is 5.64. The van der Waals surface area contributed by atoms with Crippen molar-refractivity contribution in [1.29, 1.82) is 0 Å². The fourth-order valence-electron chi connectivity index (χ4n) is 5.64. The Balaban J connectivity index is 1.52. The number of carboxylic acid groups (broad SMARTS) is 1. The molecule has 1 saturated carbocycles. The smallest absolute Gasteiger partial charge is 0.391 e. The number of carboxylic acids is 1. The summed E-state index contributed by atoms with van der Waals surface area (Å²) < 4.78 is 46.7. The minimum Gasteiger partial charge on any atom is -0.481 e. The molecule has 0 spiro atoms. The summed E-state index contributed by atoms with van der Waals surface area (Å²) in [5.41, 5.74) is 2.42. The monoisotopic (exact) mass is 466 g/mol. The third kappa shape index (κ3) is 4.06. The Morgan fingerprint density at radius 1 is 1.27 bits per heavy atom. The van der Waals surface area contributed by atoms with Crippen molar-refractivity contribution in [3.8, 4) is 0 Å². The average molecular weight is 467 g/mol. The van der Waals surface area contributed by atoms with Crippen LogP contribution in [0.2, 0.25) is 0 Å². The standard InChI is InChI=1S/C23H29F3N4O3/c1-22(21(31)32)8-2-9-29(13-22)20-16-7-10-33-12-18(16)27-19-11-17(28-30(19)20)14-3-5-15(6-4-14)23(24,25)26/h11,14-15H,2-10,12-13H2,1H3,(H,31,32)/t14?,15?,22-/m0/s1. The van der Waals surface area contributed by atoms with E-state index in [0.29, 0.717) is 51.1 Å². The number of anilines is 1. The van der Waals surface area contributed by atoms with E-state index in [9.17, 15) is 23.1 Å². The first-order valence-corrected chi connectivity index (χ1v) is 11.7. The molecule has 2 aliphatic heterocycles. The lowest BCUT2D eigenvalue weighted by atomic mass is 9.80. The minimum absolute atomic E-state index is 0.0305. The number of hydrogen-bond acceptors (Lipinski definition) is 5. The van der Waals surface area contributed by atoms with Crippen molar-refractivity contribution >= 4 is 17.4 Å². The maximum atomic E-state index is 13.1. The molecule has 2 aromatic rings. The van der Waals surface area contributed by atoms with E-state index in [1.165, 1.54) is 0 Å². The number of piperidine rings is 1. The number of aromatic nitrogens is 3. The van der Waals surface area contributed by atoms with E-state index in [0.717, 1.165) is 35.7 Å². The van der Waals surface area contributed by atoms with Gasteiger partial charge in [0.25, 0.3) is 0 Å². The second-order valence-electron chi connectivity index (χ2n) is 9.98. The third-order valence-corrected chi connectivity index (χ3v) is 7.63. The minimum atomic E-state index is -4.14. The van der Waals surface area contributed by atoms with Gasteiger partial charge in [-0.25, -0.2) is 4.98 Å². The molecule has 33 heavy (non-hydrogen) atoms. The van der Waals surface area contributed by atoms with E-state index < -0.39 is 23.5 Å². The first-order chi connectivity index (χ1) is 15.7. The molecule has 2 aromatic heterocycles. The van der Waals surface area contributed by atoms with E-state index in [2.05, 4.69) is 4.90 Å². The highest BCUT2D eigenvalue weighted by Gasteiger charge is 2.42. The maximum Gasteiger partial charge on any atom is 0.391 e. The lowest BCUT2D eigenvalue weighted by Crippen LogP contribution is -2.47. The molecule has 0 amide bonds. The van der Waals surface area contributed by atoms with Gasteiger partial charge in [-0.15, -0.1) is 0 Å². The molecule has 1 N–H and O–H groups in total. The number of nitrogens with zero attached hydrogens (tertiary/aromatic N) is 4. The summed E-state index contributed by atoms with van der Waals surface area (Å²) in [5, 5.41) is 14.6. The van der Waals surface area contributed by atoms with Gasteiger partial charge >= 0.3 is 12.1 Å². The predicted molar refractivity (Wildman–Crippen MR) is 114 cm³/mol. The van der Waals surface area contributed by atoms with Crippen LogP contribution in [0.15, 0.2) is 6.07 Å². The van der Waals surface area contributed by atoms with E-state index in [-0.39, 0.29) is 18.8 Å². The molecule has 0 bridgehead atoms. The Morgan fingerprint density at radius 2 is 2.03 bits per heavy atom. The number of carbonyl (C=O) groups is 1. The van der Waals surface area contributed by atoms with Gasteiger partial charge < -0.3 is 14.7 Å². The highest BCUT2D eigenvalue weighted by Crippen LogP contribution is 2.43. The molecule has 1 saturated heterocycles. The normalized spacial score (nSPS) is 28.7. The summed E-state index contributed by atoms with van der Waals surface area (Å²) in [5.74, 6) is -1.21. The van der Waals surface area contributed by atoms with Gasteiger partial charge in [-0.3, -0.25) is 4.79 Å². The second kappa shape index (κ2) is 8.14. The zero-order valence-electron chi connectivity index (χ0n) is 18.7. The lowest BCUT2D eigenvalue weighted by Gasteiger charge is -2.40. The number of alkyl halides is 3. The summed E-state index contributed by atoms with van der Waals surface area (Å²) in [6.07, 6.45) is -0.952. The van der Waals surface area contributed by atoms with Gasteiger partial charge in [0, 0.05) is 37.1 Å². The van der Waals surface area contributed by atoms with Crippen LogP contribution >= 0.6 is 0 Å². The molecule has 1 atom stereocenters. The van der Waals surface area contributed by atoms with Crippen molar-refractivity contribution in [2.75, 3.05) is 24.6 Å². The Bertz CT molecular complexity index is 1060. The van der Waals surface area contributed by atoms with Gasteiger partial charge in [-0.2, -0.15) is 22.8 Å². The van der Waals surface area contributed by atoms with Crippen molar-refractivity contribution in [1.82, 2.24) is 14.6 Å². The Labute approximate surface area is 189 Å². The fraction of sp³-hybridized carbons (Fsp3) is 0.696. The number of aliphatic carboxylic acids is 1. The molecule has 2 fully saturated rings. The first kappa shape index (κ1) is 22.4. The van der Waals surface area contributed by atoms with Gasteiger partial charge in [-0.1, -0.05) is 0 Å². The van der Waals surface area contributed by atoms with Crippen LogP contribution in [-0.2, 0) is 22.6 Å². The van der Waals surface area contributed by atoms with Crippen molar-refractivity contribution < 1.29 is 27.8 Å². The average Bonchev–Trinajstić information content (AvgIpc) is 3.20. The Hall–Kier alpha value is -2.36. The summed E-state index contributed by atoms with van der Waals surface area (Å²) in [7, 11) is 0. The van der Waals surface area contributed by atoms with Crippen molar-refractivity contribution in [2.24, 2.45) is 11.3 Å². The molecular weight excluding hydrogens is 437 g/mol. The lowest BCUT2D eigenvalue weighted by molar-refractivity contribution is -0.182. The maximum absolute atomic E-state index is 13.1. The number of fused-ring (bicyclic) bond motifs is 2. The van der Waals surface area contributed by atoms with Gasteiger partial charge in [0.2, 0.25) is 0 Å². The Kier molecular flexibility index (Phi) is 5.54. The summed E-state index contributed by atoms with van der Waals surface area (Å²) >= 11 is 0. The number of ether oxygens (including phenoxy) is 1. The molecule has 0 aromatic carbocycles. The summed E-state index contributed by atoms with van der Waals surface area (Å²) in [6.45, 7) is 3.83. The molecule has 10 heteroatoms. The molecule has 4 heterocycles. The molecule has 0 radical (unpaired) electrons. The van der Waals surface area contributed by atoms with Gasteiger partial charge in [0.1, 0.15) is 5.82 Å². The van der Waals surface area contributed by atoms with E-state index in [1.807, 2.05) is 6.07 Å². The van der Waals surface area contributed by atoms with Crippen LogP contribution in [0.5, 0.6) is 0 Å². The van der Waals surface area contributed by atoms with Gasteiger partial charge in [-0.05, 0) is 45.4 Å². The molecule has 7 nitrogen and oxygen atoms in total. The van der Waals surface area contributed by atoms with Crippen LogP contribution in [0.3, 0.4) is 0 Å². The molecule has 0 unspecified atom stereocenters. The van der Waals surface area contributed by atoms with Crippen LogP contribution in [0, 0.1) is 11.3 Å². The van der Waals surface area contributed by atoms with Crippen molar-refractivity contribution in [2.45, 2.75) is 70.6 Å². The zero-order valence-corrected chi connectivity index (χ0v) is 18.7. The predicted octanol–water partition coefficient (Wildman–Crippen LogP) is 4.33. The number of halogens is 3. The van der Waals surface area contributed by atoms with Crippen molar-refractivity contribution in [3.05, 3.63) is 23.0 Å². The van der Waals surface area contributed by atoms with E-state index >= 15 is 0 Å². The van der Waals surface area contributed by atoms with Crippen molar-refractivity contribution in [3.63, 3.8) is 0 Å². The van der Waals surface area contributed by atoms with Gasteiger partial charge in [0.05, 0.1) is 35.9 Å². The van der Waals surface area contributed by atoms with Crippen LogP contribution in [0.25, 0.3) is 5.65 Å². The molecule has 5 rings (SSSR count). The first-order valence-electron chi connectivity index (χ1n) is 11.7. The van der Waals surface area contributed by atoms with Crippen LogP contribution < -0.4 is 4.90 Å². The summed E-state index contributed by atoms with van der Waals surface area (Å²) in [4.78, 5) is 18.8. The van der Waals surface area contributed by atoms with E-state index in [4.69, 9.17) is 14.8 Å². The van der Waals surface area contributed by atoms with E-state index in [1.54, 1.807) is 11.4 Å². The molecular formula is C23H29F3N4O3. The third-order valence-electron chi connectivity index (χ3n) is 7.63. The largest absolute Gasteiger partial charge is 0.481 e. The molecule has 180 valence electrons. The highest BCUT2D eigenvalue weighted by atomic mass is 19.4. The SMILES string of the molecule is C[C@]1(C(=O)O)CCCN(c2c3c(nc4cc(C5CCC(C(F)(F)F)CC5)nn24)COCC3)C1. The van der Waals surface area contributed by atoms with Crippen LogP contribution in [-0.4, -0.2) is 51.5 Å².